The molecule has 1 heteroatoms. The molecule has 0 aromatic heterocycles. The Kier molecular flexibility index (Phi) is 7.55. The number of rotatable bonds is 9. The lowest BCUT2D eigenvalue weighted by atomic mass is 10.0. The van der Waals surface area contributed by atoms with Crippen LogP contribution in [0.25, 0.3) is 0 Å². The maximum absolute atomic E-state index is 3.76. The number of para-hydroxylation sites is 1. The van der Waals surface area contributed by atoms with Crippen LogP contribution in [0.15, 0.2) is 24.3 Å². The quantitative estimate of drug-likeness (QED) is 0.575. The molecule has 1 aromatic carbocycles. The number of hydrogen-bond donors (Lipinski definition) is 1. The van der Waals surface area contributed by atoms with Gasteiger partial charge in [0.05, 0.1) is 0 Å². The molecule has 18 heavy (non-hydrogen) atoms. The van der Waals surface area contributed by atoms with Crippen LogP contribution >= 0.6 is 0 Å². The molecule has 0 amide bonds. The van der Waals surface area contributed by atoms with Gasteiger partial charge in [-0.25, -0.2) is 0 Å². The summed E-state index contributed by atoms with van der Waals surface area (Å²) in [6.45, 7) is 6.78. The number of aryl methyl sites for hydroxylation is 1. The first-order valence-electron chi connectivity index (χ1n) is 7.66. The topological polar surface area (TPSA) is 12.0 Å². The lowest BCUT2D eigenvalue weighted by molar-refractivity contribution is 0.550. The molecule has 0 spiro atoms. The van der Waals surface area contributed by atoms with Crippen molar-refractivity contribution >= 4 is 5.69 Å². The fourth-order valence-electron chi connectivity index (χ4n) is 2.47. The van der Waals surface area contributed by atoms with E-state index in [1.54, 1.807) is 0 Å². The second-order valence-electron chi connectivity index (χ2n) is 5.14. The van der Waals surface area contributed by atoms with Gasteiger partial charge in [-0.3, -0.25) is 0 Å². The number of anilines is 1. The molecule has 1 unspecified atom stereocenters. The van der Waals surface area contributed by atoms with Gasteiger partial charge in [0.1, 0.15) is 0 Å². The van der Waals surface area contributed by atoms with E-state index in [0.29, 0.717) is 6.04 Å². The summed E-state index contributed by atoms with van der Waals surface area (Å²) in [6.07, 6.45) is 8.97. The Balaban J connectivity index is 2.58. The van der Waals surface area contributed by atoms with Crippen molar-refractivity contribution in [3.8, 4) is 0 Å². The molecule has 1 nitrogen and oxygen atoms in total. The van der Waals surface area contributed by atoms with Gasteiger partial charge < -0.3 is 5.32 Å². The van der Waals surface area contributed by atoms with E-state index in [-0.39, 0.29) is 0 Å². The molecule has 0 heterocycles. The second-order valence-corrected chi connectivity index (χ2v) is 5.14. The molecule has 0 bridgehead atoms. The van der Waals surface area contributed by atoms with Gasteiger partial charge in [0.25, 0.3) is 0 Å². The minimum atomic E-state index is 0.647. The van der Waals surface area contributed by atoms with Crippen LogP contribution in [-0.4, -0.2) is 6.04 Å². The summed E-state index contributed by atoms with van der Waals surface area (Å²) in [5.41, 5.74) is 2.78. The van der Waals surface area contributed by atoms with Crippen molar-refractivity contribution in [3.63, 3.8) is 0 Å². The van der Waals surface area contributed by atoms with Crippen LogP contribution in [0.3, 0.4) is 0 Å². The SMILES string of the molecule is CCCCCC(CCC)Nc1ccccc1CC. The average molecular weight is 247 g/mol. The van der Waals surface area contributed by atoms with Crippen LogP contribution in [-0.2, 0) is 6.42 Å². The van der Waals surface area contributed by atoms with E-state index in [4.69, 9.17) is 0 Å². The molecule has 0 saturated carbocycles. The number of hydrogen-bond acceptors (Lipinski definition) is 1. The van der Waals surface area contributed by atoms with Gasteiger partial charge >= 0.3 is 0 Å². The van der Waals surface area contributed by atoms with E-state index in [1.807, 2.05) is 0 Å². The third kappa shape index (κ3) is 5.12. The highest BCUT2D eigenvalue weighted by atomic mass is 14.9. The summed E-state index contributed by atoms with van der Waals surface area (Å²) in [5, 5.41) is 3.76. The van der Waals surface area contributed by atoms with Crippen molar-refractivity contribution < 1.29 is 0 Å². The van der Waals surface area contributed by atoms with Crippen LogP contribution in [0.5, 0.6) is 0 Å². The molecule has 0 aliphatic heterocycles. The molecule has 0 saturated heterocycles. The van der Waals surface area contributed by atoms with Gasteiger partial charge in [0, 0.05) is 11.7 Å². The Morgan fingerprint density at radius 1 is 0.944 bits per heavy atom. The monoisotopic (exact) mass is 247 g/mol. The summed E-state index contributed by atoms with van der Waals surface area (Å²) in [4.78, 5) is 0. The maximum atomic E-state index is 3.76. The van der Waals surface area contributed by atoms with Crippen LogP contribution < -0.4 is 5.32 Å². The first-order chi connectivity index (χ1) is 8.81. The van der Waals surface area contributed by atoms with Gasteiger partial charge in [-0.05, 0) is 30.9 Å². The van der Waals surface area contributed by atoms with Crippen molar-refractivity contribution in [2.75, 3.05) is 5.32 Å². The van der Waals surface area contributed by atoms with Crippen molar-refractivity contribution in [1.82, 2.24) is 0 Å². The molecule has 0 aliphatic rings. The predicted molar refractivity (Wildman–Crippen MR) is 82.3 cm³/mol. The smallest absolute Gasteiger partial charge is 0.0374 e. The van der Waals surface area contributed by atoms with E-state index in [0.717, 1.165) is 6.42 Å². The van der Waals surface area contributed by atoms with Crippen LogP contribution in [0.4, 0.5) is 5.69 Å². The average Bonchev–Trinajstić information content (AvgIpc) is 2.40. The van der Waals surface area contributed by atoms with Crippen LogP contribution in [0, 0.1) is 0 Å². The molecule has 0 fully saturated rings. The summed E-state index contributed by atoms with van der Waals surface area (Å²) in [5.74, 6) is 0. The van der Waals surface area contributed by atoms with Gasteiger partial charge in [0.15, 0.2) is 0 Å². The van der Waals surface area contributed by atoms with Crippen molar-refractivity contribution in [1.29, 1.82) is 0 Å². The number of unbranched alkanes of at least 4 members (excludes halogenated alkanes) is 2. The first kappa shape index (κ1) is 15.1. The Labute approximate surface area is 113 Å². The first-order valence-corrected chi connectivity index (χ1v) is 7.66. The molecule has 1 atom stereocenters. The van der Waals surface area contributed by atoms with Crippen molar-refractivity contribution in [2.24, 2.45) is 0 Å². The summed E-state index contributed by atoms with van der Waals surface area (Å²) in [7, 11) is 0. The highest BCUT2D eigenvalue weighted by Gasteiger charge is 2.08. The summed E-state index contributed by atoms with van der Waals surface area (Å²) >= 11 is 0. The van der Waals surface area contributed by atoms with Gasteiger partial charge in [-0.2, -0.15) is 0 Å². The largest absolute Gasteiger partial charge is 0.382 e. The summed E-state index contributed by atoms with van der Waals surface area (Å²) < 4.78 is 0. The van der Waals surface area contributed by atoms with E-state index >= 15 is 0 Å². The van der Waals surface area contributed by atoms with Crippen LogP contribution in [0.2, 0.25) is 0 Å². The minimum Gasteiger partial charge on any atom is -0.382 e. The Hall–Kier alpha value is -0.980. The molecular formula is C17H29N. The lowest BCUT2D eigenvalue weighted by Gasteiger charge is -2.21. The van der Waals surface area contributed by atoms with Gasteiger partial charge in [0.2, 0.25) is 0 Å². The Morgan fingerprint density at radius 2 is 1.72 bits per heavy atom. The fourth-order valence-corrected chi connectivity index (χ4v) is 2.47. The third-order valence-corrected chi connectivity index (χ3v) is 3.55. The highest BCUT2D eigenvalue weighted by Crippen LogP contribution is 2.20. The van der Waals surface area contributed by atoms with E-state index in [1.165, 1.54) is 49.8 Å². The molecule has 1 rings (SSSR count). The Bertz CT molecular complexity index is 319. The highest BCUT2D eigenvalue weighted by molar-refractivity contribution is 5.51. The van der Waals surface area contributed by atoms with Crippen molar-refractivity contribution in [2.45, 2.75) is 71.8 Å². The molecule has 1 N–H and O–H groups in total. The summed E-state index contributed by atoms with van der Waals surface area (Å²) in [6, 6.07) is 9.37. The van der Waals surface area contributed by atoms with E-state index < -0.39 is 0 Å². The number of nitrogens with one attached hydrogen (secondary N) is 1. The molecular weight excluding hydrogens is 218 g/mol. The second kappa shape index (κ2) is 9.02. The van der Waals surface area contributed by atoms with E-state index in [9.17, 15) is 0 Å². The molecule has 0 aliphatic carbocycles. The van der Waals surface area contributed by atoms with Gasteiger partial charge in [-0.1, -0.05) is 64.7 Å². The van der Waals surface area contributed by atoms with E-state index in [2.05, 4.69) is 50.4 Å². The normalized spacial score (nSPS) is 12.4. The third-order valence-electron chi connectivity index (χ3n) is 3.55. The molecule has 0 radical (unpaired) electrons. The predicted octanol–water partition coefficient (Wildman–Crippen LogP) is 5.41. The zero-order valence-corrected chi connectivity index (χ0v) is 12.3. The van der Waals surface area contributed by atoms with Gasteiger partial charge in [-0.15, -0.1) is 0 Å². The number of benzene rings is 1. The fraction of sp³-hybridized carbons (Fsp3) is 0.647. The van der Waals surface area contributed by atoms with Crippen molar-refractivity contribution in [3.05, 3.63) is 29.8 Å². The Morgan fingerprint density at radius 3 is 2.39 bits per heavy atom. The minimum absolute atomic E-state index is 0.647. The lowest BCUT2D eigenvalue weighted by Crippen LogP contribution is -2.20. The standard InChI is InChI=1S/C17H29N/c1-4-7-8-13-16(11-5-2)18-17-14-10-9-12-15(17)6-3/h9-10,12,14,16,18H,4-8,11,13H2,1-3H3. The zero-order chi connectivity index (χ0) is 13.2. The maximum Gasteiger partial charge on any atom is 0.0374 e. The molecule has 102 valence electrons. The molecule has 1 aromatic rings. The van der Waals surface area contributed by atoms with Crippen LogP contribution in [0.1, 0.15) is 64.9 Å². The zero-order valence-electron chi connectivity index (χ0n) is 12.3.